The van der Waals surface area contributed by atoms with Crippen LogP contribution < -0.4 is 19.6 Å². The van der Waals surface area contributed by atoms with Crippen molar-refractivity contribution in [1.29, 1.82) is 0 Å². The highest BCUT2D eigenvalue weighted by molar-refractivity contribution is 5.96. The number of carbonyl (C=O) groups excluding carboxylic acids is 1. The second-order valence-corrected chi connectivity index (χ2v) is 5.49. The Morgan fingerprint density at radius 3 is 2.46 bits per heavy atom. The summed E-state index contributed by atoms with van der Waals surface area (Å²) >= 11 is 0. The topological polar surface area (TPSA) is 84.2 Å². The first kappa shape index (κ1) is 17.6. The van der Waals surface area contributed by atoms with Crippen molar-refractivity contribution in [1.82, 2.24) is 0 Å². The highest BCUT2D eigenvalue weighted by Gasteiger charge is 2.38. The van der Waals surface area contributed by atoms with Gasteiger partial charge in [-0.15, -0.1) is 0 Å². The third-order valence-electron chi connectivity index (χ3n) is 4.09. The molecule has 0 saturated heterocycles. The average molecular weight is 358 g/mol. The maximum atomic E-state index is 12.8. The van der Waals surface area contributed by atoms with Crippen molar-refractivity contribution < 1.29 is 28.2 Å². The normalized spacial score (nSPS) is 15.7. The SMILES string of the molecule is CC=Cc1occ([C@@H]2OC(=O)c3cc(OC)cc(OC)c32)c(=O)c1OC. The second kappa shape index (κ2) is 6.95. The van der Waals surface area contributed by atoms with Gasteiger partial charge in [0.25, 0.3) is 0 Å². The first-order valence-corrected chi connectivity index (χ1v) is 7.85. The average Bonchev–Trinajstić information content (AvgIpc) is 2.98. The zero-order valence-corrected chi connectivity index (χ0v) is 14.8. The summed E-state index contributed by atoms with van der Waals surface area (Å²) in [5, 5.41) is 0. The first-order chi connectivity index (χ1) is 12.5. The fourth-order valence-corrected chi connectivity index (χ4v) is 2.89. The third-order valence-corrected chi connectivity index (χ3v) is 4.09. The van der Waals surface area contributed by atoms with Crippen molar-refractivity contribution in [2.24, 2.45) is 0 Å². The molecule has 7 nitrogen and oxygen atoms in total. The van der Waals surface area contributed by atoms with E-state index in [1.807, 2.05) is 0 Å². The summed E-state index contributed by atoms with van der Waals surface area (Å²) in [6.07, 6.45) is 3.66. The molecule has 0 fully saturated rings. The summed E-state index contributed by atoms with van der Waals surface area (Å²) in [5.41, 5.74) is 0.453. The minimum Gasteiger partial charge on any atom is -0.497 e. The van der Waals surface area contributed by atoms with Crippen molar-refractivity contribution in [3.05, 3.63) is 57.1 Å². The monoisotopic (exact) mass is 358 g/mol. The molecule has 0 aliphatic carbocycles. The van der Waals surface area contributed by atoms with Gasteiger partial charge >= 0.3 is 5.97 Å². The molecule has 2 heterocycles. The lowest BCUT2D eigenvalue weighted by Crippen LogP contribution is -2.17. The van der Waals surface area contributed by atoms with Crippen molar-refractivity contribution in [3.8, 4) is 17.2 Å². The molecule has 7 heteroatoms. The summed E-state index contributed by atoms with van der Waals surface area (Å²) in [7, 11) is 4.33. The number of carbonyl (C=O) groups is 1. The van der Waals surface area contributed by atoms with E-state index in [1.54, 1.807) is 31.2 Å². The van der Waals surface area contributed by atoms with Crippen molar-refractivity contribution in [2.45, 2.75) is 13.0 Å². The number of hydrogen-bond acceptors (Lipinski definition) is 7. The van der Waals surface area contributed by atoms with E-state index in [-0.39, 0.29) is 22.6 Å². The molecule has 26 heavy (non-hydrogen) atoms. The molecule has 0 bridgehead atoms. The highest BCUT2D eigenvalue weighted by Crippen LogP contribution is 2.43. The standard InChI is InChI=1S/C19H18O7/c1-5-6-13-18(24-4)16(20)12(9-25-13)17-15-11(19(21)26-17)7-10(22-2)8-14(15)23-3/h5-9,17H,1-4H3/t17-/m0/s1. The first-order valence-electron chi connectivity index (χ1n) is 7.85. The van der Waals surface area contributed by atoms with E-state index in [9.17, 15) is 9.59 Å². The number of methoxy groups -OCH3 is 3. The molecule has 1 aliphatic rings. The summed E-state index contributed by atoms with van der Waals surface area (Å²) < 4.78 is 26.7. The van der Waals surface area contributed by atoms with Gasteiger partial charge in [0, 0.05) is 6.07 Å². The predicted octanol–water partition coefficient (Wildman–Crippen LogP) is 2.96. The van der Waals surface area contributed by atoms with E-state index in [0.717, 1.165) is 0 Å². The van der Waals surface area contributed by atoms with E-state index in [1.165, 1.54) is 27.6 Å². The fourth-order valence-electron chi connectivity index (χ4n) is 2.89. The molecular weight excluding hydrogens is 340 g/mol. The molecule has 1 aromatic carbocycles. The Morgan fingerprint density at radius 2 is 1.85 bits per heavy atom. The number of allylic oxidation sites excluding steroid dienone is 1. The van der Waals surface area contributed by atoms with Crippen LogP contribution in [0.2, 0.25) is 0 Å². The Kier molecular flexibility index (Phi) is 4.71. The number of benzene rings is 1. The maximum Gasteiger partial charge on any atom is 0.339 e. The molecule has 1 aromatic heterocycles. The molecule has 2 aromatic rings. The number of hydrogen-bond donors (Lipinski definition) is 0. The smallest absolute Gasteiger partial charge is 0.339 e. The van der Waals surface area contributed by atoms with Gasteiger partial charge in [0.15, 0.2) is 11.9 Å². The predicted molar refractivity (Wildman–Crippen MR) is 93.0 cm³/mol. The van der Waals surface area contributed by atoms with Crippen LogP contribution in [0, 0.1) is 0 Å². The lowest BCUT2D eigenvalue weighted by atomic mass is 9.98. The number of esters is 1. The Balaban J connectivity index is 2.20. The summed E-state index contributed by atoms with van der Waals surface area (Å²) in [6, 6.07) is 3.17. The second-order valence-electron chi connectivity index (χ2n) is 5.49. The number of ether oxygens (including phenoxy) is 4. The van der Waals surface area contributed by atoms with Crippen LogP contribution in [0.1, 0.15) is 40.3 Å². The molecule has 0 amide bonds. The molecule has 0 unspecified atom stereocenters. The Bertz CT molecular complexity index is 940. The van der Waals surface area contributed by atoms with Gasteiger partial charge in [-0.25, -0.2) is 4.79 Å². The lowest BCUT2D eigenvalue weighted by molar-refractivity contribution is 0.0449. The van der Waals surface area contributed by atoms with Crippen LogP contribution in [0.4, 0.5) is 0 Å². The molecule has 1 atom stereocenters. The molecule has 3 rings (SSSR count). The van der Waals surface area contributed by atoms with Crippen LogP contribution >= 0.6 is 0 Å². The number of cyclic esters (lactones) is 1. The molecule has 136 valence electrons. The molecule has 0 spiro atoms. The minimum absolute atomic E-state index is 0.0394. The van der Waals surface area contributed by atoms with Gasteiger partial charge in [-0.2, -0.15) is 0 Å². The van der Waals surface area contributed by atoms with E-state index in [4.69, 9.17) is 23.4 Å². The summed E-state index contributed by atoms with van der Waals surface area (Å²) in [6.45, 7) is 1.79. The van der Waals surface area contributed by atoms with Crippen LogP contribution in [-0.4, -0.2) is 27.3 Å². The highest BCUT2D eigenvalue weighted by atomic mass is 16.6. The van der Waals surface area contributed by atoms with Crippen LogP contribution in [0.3, 0.4) is 0 Å². The van der Waals surface area contributed by atoms with Gasteiger partial charge in [0.05, 0.1) is 38.0 Å². The maximum absolute atomic E-state index is 12.8. The van der Waals surface area contributed by atoms with Crippen LogP contribution in [0.5, 0.6) is 17.2 Å². The van der Waals surface area contributed by atoms with Gasteiger partial charge in [0.1, 0.15) is 17.8 Å². The summed E-state index contributed by atoms with van der Waals surface area (Å²) in [4.78, 5) is 25.2. The van der Waals surface area contributed by atoms with E-state index < -0.39 is 17.5 Å². The van der Waals surface area contributed by atoms with Gasteiger partial charge in [-0.3, -0.25) is 4.79 Å². The van der Waals surface area contributed by atoms with Crippen LogP contribution in [-0.2, 0) is 4.74 Å². The van der Waals surface area contributed by atoms with Gasteiger partial charge in [-0.05, 0) is 19.1 Å². The van der Waals surface area contributed by atoms with Crippen molar-refractivity contribution in [3.63, 3.8) is 0 Å². The van der Waals surface area contributed by atoms with Crippen LogP contribution in [0.25, 0.3) is 6.08 Å². The number of rotatable bonds is 5. The Labute approximate surface area is 149 Å². The Hall–Kier alpha value is -3.22. The quantitative estimate of drug-likeness (QED) is 0.760. The molecule has 0 N–H and O–H groups in total. The molecule has 0 saturated carbocycles. The zero-order valence-electron chi connectivity index (χ0n) is 14.8. The van der Waals surface area contributed by atoms with E-state index in [0.29, 0.717) is 17.1 Å². The molecule has 1 aliphatic heterocycles. The lowest BCUT2D eigenvalue weighted by Gasteiger charge is -2.15. The van der Waals surface area contributed by atoms with E-state index in [2.05, 4.69) is 0 Å². The fraction of sp³-hybridized carbons (Fsp3) is 0.263. The van der Waals surface area contributed by atoms with Gasteiger partial charge in [0.2, 0.25) is 11.2 Å². The number of fused-ring (bicyclic) bond motifs is 1. The van der Waals surface area contributed by atoms with Gasteiger partial charge < -0.3 is 23.4 Å². The molecular formula is C19H18O7. The van der Waals surface area contributed by atoms with Crippen molar-refractivity contribution >= 4 is 12.0 Å². The van der Waals surface area contributed by atoms with Gasteiger partial charge in [-0.1, -0.05) is 6.08 Å². The summed E-state index contributed by atoms with van der Waals surface area (Å²) in [5.74, 6) is 0.586. The van der Waals surface area contributed by atoms with E-state index >= 15 is 0 Å². The third kappa shape index (κ3) is 2.71. The minimum atomic E-state index is -0.955. The van der Waals surface area contributed by atoms with Crippen LogP contribution in [0.15, 0.2) is 33.7 Å². The largest absolute Gasteiger partial charge is 0.497 e. The Morgan fingerprint density at radius 1 is 1.08 bits per heavy atom. The molecule has 0 radical (unpaired) electrons. The van der Waals surface area contributed by atoms with Crippen molar-refractivity contribution in [2.75, 3.05) is 21.3 Å². The zero-order chi connectivity index (χ0) is 18.8.